The van der Waals surface area contributed by atoms with E-state index in [0.717, 1.165) is 30.8 Å². The third-order valence-corrected chi connectivity index (χ3v) is 3.18. The van der Waals surface area contributed by atoms with Crippen molar-refractivity contribution in [2.24, 2.45) is 0 Å². The van der Waals surface area contributed by atoms with Crippen molar-refractivity contribution in [3.8, 4) is 0 Å². The van der Waals surface area contributed by atoms with E-state index in [1.54, 1.807) is 0 Å². The number of nitrogens with zero attached hydrogens (tertiary/aromatic N) is 1. The van der Waals surface area contributed by atoms with Gasteiger partial charge in [-0.3, -0.25) is 4.79 Å². The Labute approximate surface area is 126 Å². The number of anilines is 1. The highest BCUT2D eigenvalue weighted by Crippen LogP contribution is 2.23. The highest BCUT2D eigenvalue weighted by molar-refractivity contribution is 6.30. The first kappa shape index (κ1) is 16.8. The maximum Gasteiger partial charge on any atom is 0.239 e. The molecule has 0 radical (unpaired) electrons. The summed E-state index contributed by atoms with van der Waals surface area (Å²) in [7, 11) is 1.92. The van der Waals surface area contributed by atoms with Gasteiger partial charge < -0.3 is 15.5 Å². The lowest BCUT2D eigenvalue weighted by molar-refractivity contribution is -0.119. The van der Waals surface area contributed by atoms with Crippen molar-refractivity contribution in [2.45, 2.75) is 26.8 Å². The van der Waals surface area contributed by atoms with Crippen LogP contribution in [0.1, 0.15) is 25.8 Å². The molecule has 0 spiro atoms. The molecular weight excluding hydrogens is 274 g/mol. The van der Waals surface area contributed by atoms with Gasteiger partial charge in [0.2, 0.25) is 5.91 Å². The average molecular weight is 298 g/mol. The summed E-state index contributed by atoms with van der Waals surface area (Å²) in [5.41, 5.74) is 2.14. The van der Waals surface area contributed by atoms with E-state index in [0.29, 0.717) is 18.1 Å². The quantitative estimate of drug-likeness (QED) is 0.724. The minimum Gasteiger partial charge on any atom is -0.365 e. The van der Waals surface area contributed by atoms with E-state index in [-0.39, 0.29) is 5.91 Å². The normalized spacial score (nSPS) is 10.4. The van der Waals surface area contributed by atoms with Crippen molar-refractivity contribution in [3.05, 3.63) is 28.8 Å². The van der Waals surface area contributed by atoms with Gasteiger partial charge in [-0.05, 0) is 43.7 Å². The molecule has 0 bridgehead atoms. The molecular formula is C15H24ClN3O. The molecule has 0 saturated carbocycles. The summed E-state index contributed by atoms with van der Waals surface area (Å²) < 4.78 is 0. The van der Waals surface area contributed by atoms with E-state index >= 15 is 0 Å². The molecule has 0 unspecified atom stereocenters. The highest BCUT2D eigenvalue weighted by atomic mass is 35.5. The van der Waals surface area contributed by atoms with Crippen LogP contribution in [0, 0.1) is 0 Å². The number of benzene rings is 1. The van der Waals surface area contributed by atoms with Gasteiger partial charge in [-0.15, -0.1) is 0 Å². The minimum absolute atomic E-state index is 0.0254. The van der Waals surface area contributed by atoms with Crippen molar-refractivity contribution < 1.29 is 4.79 Å². The molecule has 0 aliphatic heterocycles. The van der Waals surface area contributed by atoms with Crippen LogP contribution in [0.4, 0.5) is 5.69 Å². The Hall–Kier alpha value is -1.26. The predicted octanol–water partition coefficient (Wildman–Crippen LogP) is 2.41. The fraction of sp³-hybridized carbons (Fsp3) is 0.533. The number of hydrogen-bond donors (Lipinski definition) is 2. The second-order valence-electron chi connectivity index (χ2n) is 4.76. The average Bonchev–Trinajstić information content (AvgIpc) is 2.39. The standard InChI is InChI=1S/C15H24ClN3O/c1-4-8-17-10-12-9-13(16)6-7-14(12)19(3)11-15(20)18-5-2/h6-7,9,17H,4-5,8,10-11H2,1-3H3,(H,18,20). The van der Waals surface area contributed by atoms with Crippen LogP contribution in [0.5, 0.6) is 0 Å². The van der Waals surface area contributed by atoms with Crippen LogP contribution in [-0.2, 0) is 11.3 Å². The third-order valence-electron chi connectivity index (χ3n) is 2.95. The molecule has 4 nitrogen and oxygen atoms in total. The van der Waals surface area contributed by atoms with Gasteiger partial charge in [-0.1, -0.05) is 18.5 Å². The summed E-state index contributed by atoms with van der Waals surface area (Å²) in [6.45, 7) is 6.76. The Morgan fingerprint density at radius 3 is 2.75 bits per heavy atom. The van der Waals surface area contributed by atoms with Gasteiger partial charge in [-0.25, -0.2) is 0 Å². The van der Waals surface area contributed by atoms with Crippen molar-refractivity contribution in [1.29, 1.82) is 0 Å². The Morgan fingerprint density at radius 2 is 2.10 bits per heavy atom. The Morgan fingerprint density at radius 1 is 1.35 bits per heavy atom. The van der Waals surface area contributed by atoms with Gasteiger partial charge in [0.15, 0.2) is 0 Å². The summed E-state index contributed by atoms with van der Waals surface area (Å²) in [6, 6.07) is 5.77. The van der Waals surface area contributed by atoms with Crippen LogP contribution in [0.15, 0.2) is 18.2 Å². The first-order valence-corrected chi connectivity index (χ1v) is 7.43. The molecule has 5 heteroatoms. The number of amides is 1. The number of nitrogens with one attached hydrogen (secondary N) is 2. The molecule has 1 rings (SSSR count). The van der Waals surface area contributed by atoms with Gasteiger partial charge in [0.1, 0.15) is 0 Å². The molecule has 2 N–H and O–H groups in total. The maximum absolute atomic E-state index is 11.7. The van der Waals surface area contributed by atoms with E-state index in [2.05, 4.69) is 17.6 Å². The molecule has 0 atom stereocenters. The molecule has 0 aromatic heterocycles. The van der Waals surface area contributed by atoms with Crippen LogP contribution in [0.2, 0.25) is 5.02 Å². The molecule has 0 heterocycles. The number of likely N-dealkylation sites (N-methyl/N-ethyl adjacent to an activating group) is 2. The molecule has 1 amide bonds. The van der Waals surface area contributed by atoms with E-state index < -0.39 is 0 Å². The van der Waals surface area contributed by atoms with Gasteiger partial charge in [0.05, 0.1) is 6.54 Å². The van der Waals surface area contributed by atoms with Crippen molar-refractivity contribution >= 4 is 23.2 Å². The van der Waals surface area contributed by atoms with E-state index in [1.807, 2.05) is 37.1 Å². The topological polar surface area (TPSA) is 44.4 Å². The first-order chi connectivity index (χ1) is 9.58. The van der Waals surface area contributed by atoms with E-state index in [4.69, 9.17) is 11.6 Å². The second kappa shape index (κ2) is 8.82. The number of rotatable bonds is 8. The lowest BCUT2D eigenvalue weighted by Gasteiger charge is -2.22. The Balaban J connectivity index is 2.78. The van der Waals surface area contributed by atoms with Gasteiger partial charge >= 0.3 is 0 Å². The summed E-state index contributed by atoms with van der Waals surface area (Å²) in [5, 5.41) is 6.89. The third kappa shape index (κ3) is 5.39. The van der Waals surface area contributed by atoms with Crippen LogP contribution in [0.25, 0.3) is 0 Å². The fourth-order valence-corrected chi connectivity index (χ4v) is 2.22. The number of hydrogen-bond acceptors (Lipinski definition) is 3. The van der Waals surface area contributed by atoms with Gasteiger partial charge in [0, 0.05) is 30.8 Å². The fourth-order valence-electron chi connectivity index (χ4n) is 2.02. The smallest absolute Gasteiger partial charge is 0.239 e. The monoisotopic (exact) mass is 297 g/mol. The van der Waals surface area contributed by atoms with Crippen LogP contribution in [-0.4, -0.2) is 32.6 Å². The number of carbonyl (C=O) groups excluding carboxylic acids is 1. The van der Waals surface area contributed by atoms with Crippen LogP contribution in [0.3, 0.4) is 0 Å². The molecule has 0 aliphatic carbocycles. The van der Waals surface area contributed by atoms with Crippen molar-refractivity contribution in [1.82, 2.24) is 10.6 Å². The molecule has 112 valence electrons. The van der Waals surface area contributed by atoms with E-state index in [9.17, 15) is 4.79 Å². The lowest BCUT2D eigenvalue weighted by atomic mass is 10.1. The van der Waals surface area contributed by atoms with Gasteiger partial charge in [0.25, 0.3) is 0 Å². The zero-order valence-electron chi connectivity index (χ0n) is 12.5. The molecule has 0 saturated heterocycles. The van der Waals surface area contributed by atoms with E-state index in [1.165, 1.54) is 0 Å². The summed E-state index contributed by atoms with van der Waals surface area (Å²) in [4.78, 5) is 13.6. The zero-order valence-corrected chi connectivity index (χ0v) is 13.3. The minimum atomic E-state index is 0.0254. The van der Waals surface area contributed by atoms with Gasteiger partial charge in [-0.2, -0.15) is 0 Å². The first-order valence-electron chi connectivity index (χ1n) is 7.05. The molecule has 20 heavy (non-hydrogen) atoms. The van der Waals surface area contributed by atoms with Crippen LogP contribution < -0.4 is 15.5 Å². The zero-order chi connectivity index (χ0) is 15.0. The number of halogens is 1. The maximum atomic E-state index is 11.7. The SMILES string of the molecule is CCCNCc1cc(Cl)ccc1N(C)CC(=O)NCC. The molecule has 0 fully saturated rings. The summed E-state index contributed by atoms with van der Waals surface area (Å²) in [5.74, 6) is 0.0254. The highest BCUT2D eigenvalue weighted by Gasteiger charge is 2.11. The second-order valence-corrected chi connectivity index (χ2v) is 5.20. The molecule has 0 aliphatic rings. The Bertz CT molecular complexity index is 437. The predicted molar refractivity (Wildman–Crippen MR) is 85.4 cm³/mol. The molecule has 1 aromatic rings. The van der Waals surface area contributed by atoms with Crippen molar-refractivity contribution in [3.63, 3.8) is 0 Å². The van der Waals surface area contributed by atoms with Crippen molar-refractivity contribution in [2.75, 3.05) is 31.6 Å². The lowest BCUT2D eigenvalue weighted by Crippen LogP contribution is -2.35. The molecule has 1 aromatic carbocycles. The van der Waals surface area contributed by atoms with Crippen LogP contribution >= 0.6 is 11.6 Å². The number of carbonyl (C=O) groups is 1. The Kier molecular flexibility index (Phi) is 7.41. The largest absolute Gasteiger partial charge is 0.365 e. The summed E-state index contributed by atoms with van der Waals surface area (Å²) in [6.07, 6.45) is 1.09. The summed E-state index contributed by atoms with van der Waals surface area (Å²) >= 11 is 6.06.